The first kappa shape index (κ1) is 16.3. The Labute approximate surface area is 132 Å². The molecule has 1 atom stereocenters. The van der Waals surface area contributed by atoms with Gasteiger partial charge in [0.2, 0.25) is 10.0 Å². The van der Waals surface area contributed by atoms with Gasteiger partial charge in [-0.1, -0.05) is 47.5 Å². The predicted molar refractivity (Wildman–Crippen MR) is 88.9 cm³/mol. The molecule has 4 heteroatoms. The van der Waals surface area contributed by atoms with Gasteiger partial charge in [0.1, 0.15) is 0 Å². The van der Waals surface area contributed by atoms with Crippen LogP contribution in [0.3, 0.4) is 0 Å². The van der Waals surface area contributed by atoms with Gasteiger partial charge < -0.3 is 0 Å². The zero-order valence-corrected chi connectivity index (χ0v) is 13.5. The summed E-state index contributed by atoms with van der Waals surface area (Å²) in [6.45, 7) is 3.90. The molecular formula is C18H19NO2S. The van der Waals surface area contributed by atoms with Crippen molar-refractivity contribution in [2.75, 3.05) is 0 Å². The minimum atomic E-state index is -3.60. The lowest BCUT2D eigenvalue weighted by Crippen LogP contribution is -2.28. The fraction of sp³-hybridized carbons (Fsp3) is 0.222. The maximum atomic E-state index is 12.5. The molecule has 0 aromatic heterocycles. The quantitative estimate of drug-likeness (QED) is 0.861. The van der Waals surface area contributed by atoms with E-state index in [0.717, 1.165) is 16.7 Å². The third-order valence-electron chi connectivity index (χ3n) is 3.43. The minimum Gasteiger partial charge on any atom is -0.207 e. The Bertz CT molecular complexity index is 769. The van der Waals surface area contributed by atoms with Crippen LogP contribution in [-0.4, -0.2) is 8.42 Å². The molecule has 0 amide bonds. The molecule has 3 nitrogen and oxygen atoms in total. The summed E-state index contributed by atoms with van der Waals surface area (Å²) in [5, 5.41) is 0. The van der Waals surface area contributed by atoms with Crippen LogP contribution in [0.5, 0.6) is 0 Å². The van der Waals surface area contributed by atoms with E-state index in [1.54, 1.807) is 24.3 Å². The van der Waals surface area contributed by atoms with Crippen LogP contribution in [0.25, 0.3) is 0 Å². The molecular weight excluding hydrogens is 294 g/mol. The number of hydrogen-bond donors (Lipinski definition) is 1. The highest BCUT2D eigenvalue weighted by atomic mass is 32.2. The molecule has 0 heterocycles. The topological polar surface area (TPSA) is 46.2 Å². The van der Waals surface area contributed by atoms with Crippen LogP contribution in [0.2, 0.25) is 0 Å². The van der Waals surface area contributed by atoms with Crippen molar-refractivity contribution in [3.05, 3.63) is 65.2 Å². The predicted octanol–water partition coefficient (Wildman–Crippen LogP) is 3.35. The first-order chi connectivity index (χ1) is 10.4. The van der Waals surface area contributed by atoms with Crippen molar-refractivity contribution in [1.82, 2.24) is 4.72 Å². The number of sulfonamides is 1. The molecule has 0 aliphatic rings. The highest BCUT2D eigenvalue weighted by Crippen LogP contribution is 2.21. The number of aryl methyl sites for hydroxylation is 2. The lowest BCUT2D eigenvalue weighted by Gasteiger charge is -2.17. The van der Waals surface area contributed by atoms with Gasteiger partial charge in [-0.25, -0.2) is 13.1 Å². The smallest absolute Gasteiger partial charge is 0.207 e. The molecule has 0 aliphatic carbocycles. The average Bonchev–Trinajstić information content (AvgIpc) is 2.48. The Morgan fingerprint density at radius 2 is 1.50 bits per heavy atom. The van der Waals surface area contributed by atoms with E-state index < -0.39 is 16.1 Å². The van der Waals surface area contributed by atoms with Crippen LogP contribution in [-0.2, 0) is 10.0 Å². The van der Waals surface area contributed by atoms with Crippen LogP contribution < -0.4 is 4.72 Å². The van der Waals surface area contributed by atoms with Gasteiger partial charge in [0, 0.05) is 6.42 Å². The normalized spacial score (nSPS) is 12.6. The van der Waals surface area contributed by atoms with Crippen LogP contribution in [0.15, 0.2) is 53.4 Å². The molecule has 0 spiro atoms. The Balaban J connectivity index is 2.29. The molecule has 0 radical (unpaired) electrons. The average molecular weight is 313 g/mol. The van der Waals surface area contributed by atoms with Gasteiger partial charge >= 0.3 is 0 Å². The summed E-state index contributed by atoms with van der Waals surface area (Å²) in [4.78, 5) is 0.243. The largest absolute Gasteiger partial charge is 0.241 e. The monoisotopic (exact) mass is 313 g/mol. The van der Waals surface area contributed by atoms with Crippen molar-refractivity contribution in [2.45, 2.75) is 31.2 Å². The van der Waals surface area contributed by atoms with Crippen molar-refractivity contribution in [3.63, 3.8) is 0 Å². The highest BCUT2D eigenvalue weighted by molar-refractivity contribution is 7.89. The van der Waals surface area contributed by atoms with Crippen molar-refractivity contribution in [2.24, 2.45) is 0 Å². The summed E-state index contributed by atoms with van der Waals surface area (Å²) >= 11 is 0. The van der Waals surface area contributed by atoms with Gasteiger partial charge in [-0.2, -0.15) is 0 Å². The van der Waals surface area contributed by atoms with Gasteiger partial charge in [0.25, 0.3) is 0 Å². The fourth-order valence-electron chi connectivity index (χ4n) is 2.12. The van der Waals surface area contributed by atoms with E-state index in [1.165, 1.54) is 0 Å². The van der Waals surface area contributed by atoms with Gasteiger partial charge in [-0.3, -0.25) is 0 Å². The van der Waals surface area contributed by atoms with E-state index in [-0.39, 0.29) is 4.90 Å². The zero-order chi connectivity index (χ0) is 16.2. The van der Waals surface area contributed by atoms with Crippen LogP contribution in [0.1, 0.15) is 29.2 Å². The molecule has 22 heavy (non-hydrogen) atoms. The maximum absolute atomic E-state index is 12.5. The third kappa shape index (κ3) is 3.97. The fourth-order valence-corrected chi connectivity index (χ4v) is 3.34. The number of hydrogen-bond acceptors (Lipinski definition) is 2. The molecule has 2 aromatic rings. The molecule has 0 saturated heterocycles. The molecule has 0 aliphatic heterocycles. The van der Waals surface area contributed by atoms with Gasteiger partial charge in [0.05, 0.1) is 10.9 Å². The van der Waals surface area contributed by atoms with Crippen LogP contribution in [0, 0.1) is 26.2 Å². The first-order valence-corrected chi connectivity index (χ1v) is 8.50. The summed E-state index contributed by atoms with van der Waals surface area (Å²) in [5.41, 5.74) is 2.99. The van der Waals surface area contributed by atoms with Crippen molar-refractivity contribution in [1.29, 1.82) is 0 Å². The summed E-state index contributed by atoms with van der Waals surface area (Å²) in [6.07, 6.45) is 5.69. The SMILES string of the molecule is C#CC[C@@H](NS(=O)(=O)c1ccc(C)cc1)c1ccc(C)cc1. The van der Waals surface area contributed by atoms with Crippen molar-refractivity contribution < 1.29 is 8.42 Å². The third-order valence-corrected chi connectivity index (χ3v) is 4.92. The number of rotatable bonds is 5. The second kappa shape index (κ2) is 6.78. The summed E-state index contributed by atoms with van der Waals surface area (Å²) in [7, 11) is -3.60. The van der Waals surface area contributed by atoms with Gasteiger partial charge in [-0.15, -0.1) is 12.3 Å². The molecule has 1 N–H and O–H groups in total. The second-order valence-electron chi connectivity index (χ2n) is 5.31. The zero-order valence-electron chi connectivity index (χ0n) is 12.7. The Morgan fingerprint density at radius 3 is 2.00 bits per heavy atom. The maximum Gasteiger partial charge on any atom is 0.241 e. The van der Waals surface area contributed by atoms with E-state index in [2.05, 4.69) is 10.6 Å². The number of terminal acetylenes is 1. The van der Waals surface area contributed by atoms with E-state index in [1.807, 2.05) is 38.1 Å². The Morgan fingerprint density at radius 1 is 1.00 bits per heavy atom. The molecule has 0 bridgehead atoms. The summed E-state index contributed by atoms with van der Waals surface area (Å²) in [6, 6.07) is 14.0. The Hall–Kier alpha value is -2.09. The van der Waals surface area contributed by atoms with Crippen molar-refractivity contribution in [3.8, 4) is 12.3 Å². The molecule has 0 saturated carbocycles. The van der Waals surface area contributed by atoms with E-state index in [0.29, 0.717) is 6.42 Å². The number of nitrogens with one attached hydrogen (secondary N) is 1. The molecule has 2 aromatic carbocycles. The molecule has 2 rings (SSSR count). The van der Waals surface area contributed by atoms with Crippen molar-refractivity contribution >= 4 is 10.0 Å². The summed E-state index contributed by atoms with van der Waals surface area (Å²) in [5.74, 6) is 2.54. The summed E-state index contributed by atoms with van der Waals surface area (Å²) < 4.78 is 27.7. The standard InChI is InChI=1S/C18H19NO2S/c1-4-5-18(16-10-6-14(2)7-11-16)19-22(20,21)17-12-8-15(3)9-13-17/h1,6-13,18-19H,5H2,2-3H3/t18-/m1/s1. The highest BCUT2D eigenvalue weighted by Gasteiger charge is 2.20. The van der Waals surface area contributed by atoms with Crippen LogP contribution in [0.4, 0.5) is 0 Å². The van der Waals surface area contributed by atoms with E-state index in [9.17, 15) is 8.42 Å². The molecule has 114 valence electrons. The molecule has 0 fully saturated rings. The molecule has 0 unspecified atom stereocenters. The Kier molecular flexibility index (Phi) is 5.02. The lowest BCUT2D eigenvalue weighted by atomic mass is 10.0. The second-order valence-corrected chi connectivity index (χ2v) is 7.02. The first-order valence-electron chi connectivity index (χ1n) is 7.01. The van der Waals surface area contributed by atoms with Gasteiger partial charge in [0.15, 0.2) is 0 Å². The minimum absolute atomic E-state index is 0.243. The van der Waals surface area contributed by atoms with E-state index in [4.69, 9.17) is 6.42 Å². The van der Waals surface area contributed by atoms with E-state index >= 15 is 0 Å². The van der Waals surface area contributed by atoms with Crippen LogP contribution >= 0.6 is 0 Å². The lowest BCUT2D eigenvalue weighted by molar-refractivity contribution is 0.559. The number of benzene rings is 2. The van der Waals surface area contributed by atoms with Gasteiger partial charge in [-0.05, 0) is 31.5 Å².